The maximum Gasteiger partial charge on any atom is 0.191 e. The van der Waals surface area contributed by atoms with E-state index in [1.807, 2.05) is 35.1 Å². The minimum atomic E-state index is 0.635. The molecule has 146 valence electrons. The summed E-state index contributed by atoms with van der Waals surface area (Å²) in [7, 11) is 3.46. The van der Waals surface area contributed by atoms with Crippen LogP contribution in [0.15, 0.2) is 65.9 Å². The van der Waals surface area contributed by atoms with Crippen molar-refractivity contribution in [2.45, 2.75) is 26.6 Å². The van der Waals surface area contributed by atoms with Crippen LogP contribution in [0, 0.1) is 6.92 Å². The predicted molar refractivity (Wildman–Crippen MR) is 113 cm³/mol. The maximum atomic E-state index is 5.46. The summed E-state index contributed by atoms with van der Waals surface area (Å²) < 4.78 is 7.41. The monoisotopic (exact) mass is 377 g/mol. The van der Waals surface area contributed by atoms with Gasteiger partial charge < -0.3 is 15.4 Å². The lowest BCUT2D eigenvalue weighted by atomic mass is 10.1. The van der Waals surface area contributed by atoms with E-state index >= 15 is 0 Å². The number of ether oxygens (including phenoxy) is 1. The van der Waals surface area contributed by atoms with Gasteiger partial charge in [-0.1, -0.05) is 42.5 Å². The molecule has 0 bridgehead atoms. The molecule has 3 aromatic rings. The lowest BCUT2D eigenvalue weighted by Crippen LogP contribution is -2.36. The Morgan fingerprint density at radius 1 is 1.07 bits per heavy atom. The van der Waals surface area contributed by atoms with Crippen molar-refractivity contribution >= 4 is 5.96 Å². The normalized spacial score (nSPS) is 11.3. The lowest BCUT2D eigenvalue weighted by molar-refractivity contribution is 0.408. The summed E-state index contributed by atoms with van der Waals surface area (Å²) in [5.74, 6) is 1.61. The van der Waals surface area contributed by atoms with Crippen LogP contribution in [-0.4, -0.2) is 29.9 Å². The van der Waals surface area contributed by atoms with Crippen molar-refractivity contribution in [2.75, 3.05) is 14.2 Å². The second-order valence-electron chi connectivity index (χ2n) is 6.63. The van der Waals surface area contributed by atoms with E-state index in [9.17, 15) is 0 Å². The summed E-state index contributed by atoms with van der Waals surface area (Å²) in [6.07, 6.45) is 3.93. The van der Waals surface area contributed by atoms with Gasteiger partial charge in [0.2, 0.25) is 0 Å². The Morgan fingerprint density at radius 3 is 2.61 bits per heavy atom. The van der Waals surface area contributed by atoms with Crippen molar-refractivity contribution in [1.82, 2.24) is 20.4 Å². The van der Waals surface area contributed by atoms with E-state index in [0.29, 0.717) is 13.1 Å². The Bertz CT molecular complexity index is 918. The molecule has 6 nitrogen and oxygen atoms in total. The highest BCUT2D eigenvalue weighted by Crippen LogP contribution is 2.19. The van der Waals surface area contributed by atoms with E-state index < -0.39 is 0 Å². The SMILES string of the molecule is CN=C(NCc1cnn(Cc2ccccc2)c1)NCc1ccc(C)cc1OC. The van der Waals surface area contributed by atoms with Crippen molar-refractivity contribution in [1.29, 1.82) is 0 Å². The third kappa shape index (κ3) is 5.36. The average Bonchev–Trinajstić information content (AvgIpc) is 3.16. The minimum absolute atomic E-state index is 0.635. The van der Waals surface area contributed by atoms with Gasteiger partial charge in [-0.25, -0.2) is 0 Å². The molecular formula is C22H27N5O. The minimum Gasteiger partial charge on any atom is -0.496 e. The maximum absolute atomic E-state index is 5.46. The molecule has 0 saturated carbocycles. The number of aromatic nitrogens is 2. The molecule has 0 aliphatic heterocycles. The van der Waals surface area contributed by atoms with Crippen LogP contribution in [0.5, 0.6) is 5.75 Å². The third-order valence-corrected chi connectivity index (χ3v) is 4.45. The average molecular weight is 377 g/mol. The lowest BCUT2D eigenvalue weighted by Gasteiger charge is -2.14. The molecule has 0 amide bonds. The number of guanidine groups is 1. The Morgan fingerprint density at radius 2 is 1.86 bits per heavy atom. The van der Waals surface area contributed by atoms with Crippen LogP contribution in [0.1, 0.15) is 22.3 Å². The zero-order chi connectivity index (χ0) is 19.8. The number of hydrogen-bond donors (Lipinski definition) is 2. The highest BCUT2D eigenvalue weighted by atomic mass is 16.5. The highest BCUT2D eigenvalue weighted by molar-refractivity contribution is 5.79. The second kappa shape index (κ2) is 9.60. The topological polar surface area (TPSA) is 63.5 Å². The number of methoxy groups -OCH3 is 1. The summed E-state index contributed by atoms with van der Waals surface area (Å²) in [4.78, 5) is 4.29. The van der Waals surface area contributed by atoms with Crippen LogP contribution in [-0.2, 0) is 19.6 Å². The molecule has 0 fully saturated rings. The molecule has 0 unspecified atom stereocenters. The molecule has 2 N–H and O–H groups in total. The number of hydrogen-bond acceptors (Lipinski definition) is 3. The number of rotatable bonds is 7. The molecular weight excluding hydrogens is 350 g/mol. The molecule has 0 spiro atoms. The molecule has 1 aromatic heterocycles. The smallest absolute Gasteiger partial charge is 0.191 e. The van der Waals surface area contributed by atoms with Crippen LogP contribution >= 0.6 is 0 Å². The van der Waals surface area contributed by atoms with Crippen LogP contribution in [0.4, 0.5) is 0 Å². The van der Waals surface area contributed by atoms with Crippen molar-refractivity contribution in [3.8, 4) is 5.75 Å². The van der Waals surface area contributed by atoms with Crippen LogP contribution in [0.3, 0.4) is 0 Å². The van der Waals surface area contributed by atoms with E-state index in [-0.39, 0.29) is 0 Å². The van der Waals surface area contributed by atoms with Gasteiger partial charge in [-0.3, -0.25) is 9.67 Å². The molecule has 0 aliphatic rings. The van der Waals surface area contributed by atoms with E-state index in [0.717, 1.165) is 29.4 Å². The van der Waals surface area contributed by atoms with Crippen molar-refractivity contribution in [3.05, 3.63) is 83.2 Å². The Labute approximate surface area is 166 Å². The summed E-state index contributed by atoms with van der Waals surface area (Å²) >= 11 is 0. The largest absolute Gasteiger partial charge is 0.496 e. The summed E-state index contributed by atoms with van der Waals surface area (Å²) in [5.41, 5.74) is 4.60. The van der Waals surface area contributed by atoms with Crippen LogP contribution in [0.25, 0.3) is 0 Å². The molecule has 28 heavy (non-hydrogen) atoms. The standard InChI is InChI=1S/C22H27N5O/c1-17-9-10-20(21(11-17)28-3)14-25-22(23-2)24-12-19-13-26-27(16-19)15-18-7-5-4-6-8-18/h4-11,13,16H,12,14-15H2,1-3H3,(H2,23,24,25). The van der Waals surface area contributed by atoms with Gasteiger partial charge in [0.25, 0.3) is 0 Å². The molecule has 0 radical (unpaired) electrons. The first-order valence-corrected chi connectivity index (χ1v) is 9.31. The summed E-state index contributed by atoms with van der Waals surface area (Å²) in [6.45, 7) is 4.11. The molecule has 6 heteroatoms. The first kappa shape index (κ1) is 19.5. The number of aryl methyl sites for hydroxylation is 1. The fourth-order valence-electron chi connectivity index (χ4n) is 2.94. The van der Waals surface area contributed by atoms with Crippen molar-refractivity contribution in [3.63, 3.8) is 0 Å². The van der Waals surface area contributed by atoms with Gasteiger partial charge in [-0.15, -0.1) is 0 Å². The zero-order valence-electron chi connectivity index (χ0n) is 16.6. The highest BCUT2D eigenvalue weighted by Gasteiger charge is 2.06. The van der Waals surface area contributed by atoms with Gasteiger partial charge in [-0.05, 0) is 24.1 Å². The fourth-order valence-corrected chi connectivity index (χ4v) is 2.94. The Kier molecular flexibility index (Phi) is 6.68. The number of benzene rings is 2. The first-order valence-electron chi connectivity index (χ1n) is 9.31. The van der Waals surface area contributed by atoms with Gasteiger partial charge in [0.15, 0.2) is 5.96 Å². The van der Waals surface area contributed by atoms with Gasteiger partial charge >= 0.3 is 0 Å². The number of aliphatic imine (C=N–C) groups is 1. The summed E-state index contributed by atoms with van der Waals surface area (Å²) in [6, 6.07) is 16.5. The van der Waals surface area contributed by atoms with Gasteiger partial charge in [-0.2, -0.15) is 5.10 Å². The molecule has 0 saturated heterocycles. The molecule has 0 atom stereocenters. The van der Waals surface area contributed by atoms with Crippen molar-refractivity contribution < 1.29 is 4.74 Å². The van der Waals surface area contributed by atoms with Crippen LogP contribution in [0.2, 0.25) is 0 Å². The van der Waals surface area contributed by atoms with Crippen molar-refractivity contribution in [2.24, 2.45) is 4.99 Å². The Balaban J connectivity index is 1.52. The third-order valence-electron chi connectivity index (χ3n) is 4.45. The van der Waals surface area contributed by atoms with E-state index in [2.05, 4.69) is 58.1 Å². The fraction of sp³-hybridized carbons (Fsp3) is 0.273. The molecule has 0 aliphatic carbocycles. The molecule has 1 heterocycles. The number of nitrogens with zero attached hydrogens (tertiary/aromatic N) is 3. The van der Waals surface area contributed by atoms with E-state index in [1.54, 1.807) is 14.2 Å². The van der Waals surface area contributed by atoms with Gasteiger partial charge in [0.05, 0.1) is 19.9 Å². The van der Waals surface area contributed by atoms with Gasteiger partial charge in [0, 0.05) is 37.5 Å². The summed E-state index contributed by atoms with van der Waals surface area (Å²) in [5, 5.41) is 11.1. The molecule has 2 aromatic carbocycles. The van der Waals surface area contributed by atoms with E-state index in [1.165, 1.54) is 11.1 Å². The van der Waals surface area contributed by atoms with E-state index in [4.69, 9.17) is 4.74 Å². The quantitative estimate of drug-likeness (QED) is 0.491. The second-order valence-corrected chi connectivity index (χ2v) is 6.63. The number of nitrogens with one attached hydrogen (secondary N) is 2. The predicted octanol–water partition coefficient (Wildman–Crippen LogP) is 3.11. The van der Waals surface area contributed by atoms with Crippen LogP contribution < -0.4 is 15.4 Å². The first-order chi connectivity index (χ1) is 13.7. The zero-order valence-corrected chi connectivity index (χ0v) is 16.6. The van der Waals surface area contributed by atoms with Gasteiger partial charge in [0.1, 0.15) is 5.75 Å². The Hall–Kier alpha value is -3.28. The molecule has 3 rings (SSSR count).